The standard InChI is InChI=1S/C15H11N3O2S2/c1-10-15(12-4-2-3-5-13(12)21-10)22(19,20)18-14-7-6-11(8-16)9-17-14/h2-7,9H,1H3,(H,17,18). The summed E-state index contributed by atoms with van der Waals surface area (Å²) in [6, 6.07) is 12.3. The maximum Gasteiger partial charge on any atom is 0.264 e. The van der Waals surface area contributed by atoms with E-state index in [1.54, 1.807) is 13.0 Å². The van der Waals surface area contributed by atoms with Crippen LogP contribution in [0.1, 0.15) is 10.4 Å². The SMILES string of the molecule is Cc1sc2ccccc2c1S(=O)(=O)Nc1ccc(C#N)cn1. The summed E-state index contributed by atoms with van der Waals surface area (Å²) in [6.45, 7) is 1.78. The molecule has 22 heavy (non-hydrogen) atoms. The third-order valence-corrected chi connectivity index (χ3v) is 5.87. The summed E-state index contributed by atoms with van der Waals surface area (Å²) in [7, 11) is -3.73. The highest BCUT2D eigenvalue weighted by Gasteiger charge is 2.22. The Morgan fingerprint density at radius 2 is 2.00 bits per heavy atom. The summed E-state index contributed by atoms with van der Waals surface area (Å²) >= 11 is 1.44. The van der Waals surface area contributed by atoms with Gasteiger partial charge in [-0.15, -0.1) is 11.3 Å². The van der Waals surface area contributed by atoms with Crippen molar-refractivity contribution in [3.8, 4) is 6.07 Å². The fourth-order valence-electron chi connectivity index (χ4n) is 2.19. The molecule has 0 saturated heterocycles. The van der Waals surface area contributed by atoms with Crippen LogP contribution < -0.4 is 4.72 Å². The minimum Gasteiger partial charge on any atom is -0.263 e. The Kier molecular flexibility index (Phi) is 3.56. The van der Waals surface area contributed by atoms with Gasteiger partial charge >= 0.3 is 0 Å². The monoisotopic (exact) mass is 329 g/mol. The molecule has 0 aliphatic rings. The first-order valence-corrected chi connectivity index (χ1v) is 8.68. The molecule has 1 aromatic carbocycles. The Hall–Kier alpha value is -2.43. The quantitative estimate of drug-likeness (QED) is 0.799. The van der Waals surface area contributed by atoms with Crippen LogP contribution in [-0.2, 0) is 10.0 Å². The highest BCUT2D eigenvalue weighted by atomic mass is 32.2. The number of aromatic nitrogens is 1. The number of nitriles is 1. The largest absolute Gasteiger partial charge is 0.264 e. The van der Waals surface area contributed by atoms with Gasteiger partial charge in [0.15, 0.2) is 0 Å². The summed E-state index contributed by atoms with van der Waals surface area (Å²) < 4.78 is 28.7. The molecular weight excluding hydrogens is 318 g/mol. The summed E-state index contributed by atoms with van der Waals surface area (Å²) in [6.07, 6.45) is 1.33. The average Bonchev–Trinajstić information content (AvgIpc) is 2.84. The predicted molar refractivity (Wildman–Crippen MR) is 86.3 cm³/mol. The molecule has 2 heterocycles. The number of hydrogen-bond donors (Lipinski definition) is 1. The van der Waals surface area contributed by atoms with Crippen LogP contribution in [0.4, 0.5) is 5.82 Å². The molecule has 0 fully saturated rings. The van der Waals surface area contributed by atoms with E-state index >= 15 is 0 Å². The van der Waals surface area contributed by atoms with Gasteiger partial charge in [0.25, 0.3) is 10.0 Å². The fraction of sp³-hybridized carbons (Fsp3) is 0.0667. The fourth-order valence-corrected chi connectivity index (χ4v) is 5.01. The minimum absolute atomic E-state index is 0.189. The van der Waals surface area contributed by atoms with Gasteiger partial charge in [0.1, 0.15) is 16.8 Å². The van der Waals surface area contributed by atoms with Crippen molar-refractivity contribution < 1.29 is 8.42 Å². The van der Waals surface area contributed by atoms with Crippen molar-refractivity contribution in [2.45, 2.75) is 11.8 Å². The number of fused-ring (bicyclic) bond motifs is 1. The van der Waals surface area contributed by atoms with Crippen LogP contribution >= 0.6 is 11.3 Å². The lowest BCUT2D eigenvalue weighted by molar-refractivity contribution is 0.601. The number of aryl methyl sites for hydroxylation is 1. The van der Waals surface area contributed by atoms with Crippen molar-refractivity contribution >= 4 is 37.3 Å². The molecule has 7 heteroatoms. The number of pyridine rings is 1. The van der Waals surface area contributed by atoms with Gasteiger partial charge in [-0.3, -0.25) is 4.72 Å². The smallest absolute Gasteiger partial charge is 0.263 e. The maximum absolute atomic E-state index is 12.6. The molecule has 0 aliphatic heterocycles. The van der Waals surface area contributed by atoms with Gasteiger partial charge in [0, 0.05) is 21.2 Å². The first-order chi connectivity index (χ1) is 10.5. The topological polar surface area (TPSA) is 82.9 Å². The summed E-state index contributed by atoms with van der Waals surface area (Å²) in [5.41, 5.74) is 0.375. The Morgan fingerprint density at radius 3 is 2.68 bits per heavy atom. The molecule has 110 valence electrons. The second kappa shape index (κ2) is 5.40. The van der Waals surface area contributed by atoms with Crippen LogP contribution in [0, 0.1) is 18.3 Å². The van der Waals surface area contributed by atoms with Crippen LogP contribution in [0.15, 0.2) is 47.5 Å². The lowest BCUT2D eigenvalue weighted by Gasteiger charge is -2.07. The third kappa shape index (κ3) is 2.54. The zero-order valence-corrected chi connectivity index (χ0v) is 13.2. The molecule has 0 spiro atoms. The highest BCUT2D eigenvalue weighted by Crippen LogP contribution is 2.34. The van der Waals surface area contributed by atoms with Crippen molar-refractivity contribution in [2.24, 2.45) is 0 Å². The summed E-state index contributed by atoms with van der Waals surface area (Å²) in [4.78, 5) is 4.95. The van der Waals surface area contributed by atoms with E-state index in [1.165, 1.54) is 29.7 Å². The average molecular weight is 329 g/mol. The van der Waals surface area contributed by atoms with Crippen LogP contribution in [0.5, 0.6) is 0 Å². The first kappa shape index (κ1) is 14.5. The van der Waals surface area contributed by atoms with Crippen LogP contribution in [0.25, 0.3) is 10.1 Å². The predicted octanol–water partition coefficient (Wildman–Crippen LogP) is 3.28. The van der Waals surface area contributed by atoms with E-state index in [9.17, 15) is 8.42 Å². The lowest BCUT2D eigenvalue weighted by Crippen LogP contribution is -2.14. The van der Waals surface area contributed by atoms with E-state index in [4.69, 9.17) is 5.26 Å². The van der Waals surface area contributed by atoms with Gasteiger partial charge in [-0.1, -0.05) is 18.2 Å². The van der Waals surface area contributed by atoms with E-state index in [1.807, 2.05) is 24.3 Å². The van der Waals surface area contributed by atoms with Crippen LogP contribution in [0.3, 0.4) is 0 Å². The van der Waals surface area contributed by atoms with Gasteiger partial charge in [-0.25, -0.2) is 13.4 Å². The van der Waals surface area contributed by atoms with Crippen molar-refractivity contribution in [1.82, 2.24) is 4.98 Å². The molecule has 5 nitrogen and oxygen atoms in total. The molecule has 0 saturated carbocycles. The number of anilines is 1. The van der Waals surface area contributed by atoms with Crippen LogP contribution in [0.2, 0.25) is 0 Å². The second-order valence-electron chi connectivity index (χ2n) is 4.63. The van der Waals surface area contributed by atoms with E-state index in [0.29, 0.717) is 10.9 Å². The zero-order chi connectivity index (χ0) is 15.7. The van der Waals surface area contributed by atoms with Gasteiger partial charge in [-0.05, 0) is 25.1 Å². The van der Waals surface area contributed by atoms with E-state index < -0.39 is 10.0 Å². The molecule has 3 rings (SSSR count). The molecule has 0 aliphatic carbocycles. The number of sulfonamides is 1. The molecule has 0 bridgehead atoms. The van der Waals surface area contributed by atoms with Crippen molar-refractivity contribution in [1.29, 1.82) is 5.26 Å². The number of nitrogens with zero attached hydrogens (tertiary/aromatic N) is 2. The number of benzene rings is 1. The minimum atomic E-state index is -3.73. The number of nitrogens with one attached hydrogen (secondary N) is 1. The lowest BCUT2D eigenvalue weighted by atomic mass is 10.2. The molecule has 0 radical (unpaired) electrons. The molecule has 1 N–H and O–H groups in total. The number of hydrogen-bond acceptors (Lipinski definition) is 5. The molecule has 0 unspecified atom stereocenters. The van der Waals surface area contributed by atoms with Gasteiger partial charge in [0.2, 0.25) is 0 Å². The van der Waals surface area contributed by atoms with E-state index in [0.717, 1.165) is 9.58 Å². The molecule has 2 aromatic heterocycles. The molecular formula is C15H11N3O2S2. The summed E-state index contributed by atoms with van der Waals surface area (Å²) in [5, 5.41) is 9.44. The Morgan fingerprint density at radius 1 is 1.23 bits per heavy atom. The number of rotatable bonds is 3. The number of thiophene rings is 1. The Bertz CT molecular complexity index is 984. The molecule has 0 amide bonds. The van der Waals surface area contributed by atoms with Crippen molar-refractivity contribution in [3.63, 3.8) is 0 Å². The van der Waals surface area contributed by atoms with Gasteiger partial charge < -0.3 is 0 Å². The third-order valence-electron chi connectivity index (χ3n) is 3.11. The molecule has 3 aromatic rings. The maximum atomic E-state index is 12.6. The van der Waals surface area contributed by atoms with E-state index in [-0.39, 0.29) is 10.7 Å². The highest BCUT2D eigenvalue weighted by molar-refractivity contribution is 7.93. The Labute approximate surface area is 131 Å². The van der Waals surface area contributed by atoms with Crippen molar-refractivity contribution in [2.75, 3.05) is 4.72 Å². The van der Waals surface area contributed by atoms with Gasteiger partial charge in [-0.2, -0.15) is 5.26 Å². The summed E-state index contributed by atoms with van der Waals surface area (Å²) in [5.74, 6) is 0.189. The van der Waals surface area contributed by atoms with Crippen LogP contribution in [-0.4, -0.2) is 13.4 Å². The first-order valence-electron chi connectivity index (χ1n) is 6.38. The molecule has 0 atom stereocenters. The normalized spacial score (nSPS) is 11.3. The zero-order valence-electron chi connectivity index (χ0n) is 11.6. The second-order valence-corrected chi connectivity index (χ2v) is 7.51. The van der Waals surface area contributed by atoms with Gasteiger partial charge in [0.05, 0.1) is 5.56 Å². The van der Waals surface area contributed by atoms with Crippen molar-refractivity contribution in [3.05, 3.63) is 53.0 Å². The van der Waals surface area contributed by atoms with E-state index in [2.05, 4.69) is 9.71 Å². The Balaban J connectivity index is 2.05.